The van der Waals surface area contributed by atoms with Crippen molar-refractivity contribution < 1.29 is 72.3 Å². The third kappa shape index (κ3) is 7.16. The van der Waals surface area contributed by atoms with E-state index in [1.807, 2.05) is 0 Å². The number of halogens is 1. The number of anilines is 1. The van der Waals surface area contributed by atoms with Gasteiger partial charge in [-0.15, -0.1) is 22.9 Å². The van der Waals surface area contributed by atoms with Crippen LogP contribution in [0.4, 0.5) is 14.7 Å². The largest absolute Gasteiger partial charge is 1.00 e. The molecule has 2 aromatic heterocycles. The summed E-state index contributed by atoms with van der Waals surface area (Å²) in [5.74, 6) is -2.63. The molecule has 2 atom stereocenters. The molecule has 0 aliphatic carbocycles. The van der Waals surface area contributed by atoms with E-state index in [4.69, 9.17) is 20.6 Å². The zero-order chi connectivity index (χ0) is 28.3. The molecule has 21 heteroatoms. The van der Waals surface area contributed by atoms with Crippen molar-refractivity contribution >= 4 is 74.4 Å². The van der Waals surface area contributed by atoms with Crippen LogP contribution in [0.25, 0.3) is 0 Å². The number of rotatable bonds is 9. The fourth-order valence-electron chi connectivity index (χ4n) is 3.38. The molecular formula is C19H20ClN8NaO9S2. The van der Waals surface area contributed by atoms with Crippen molar-refractivity contribution in [3.63, 3.8) is 0 Å². The SMILES string of the molecule is O=C(CCl)Nc1nc(C(NC(=O)N2CCN(N=Cc3ccco3)C2=O)C(=O)NC2CN(S(=O)(=O)O)C2=O)cs1.[H-].[Na+]. The van der Waals surface area contributed by atoms with Crippen molar-refractivity contribution in [1.82, 2.24) is 29.8 Å². The summed E-state index contributed by atoms with van der Waals surface area (Å²) in [5, 5.41) is 13.4. The molecule has 0 spiro atoms. The Morgan fingerprint density at radius 3 is 2.73 bits per heavy atom. The van der Waals surface area contributed by atoms with E-state index < -0.39 is 58.7 Å². The van der Waals surface area contributed by atoms with E-state index in [9.17, 15) is 32.4 Å². The minimum absolute atomic E-state index is 0. The number of aromatic nitrogens is 1. The number of carbonyl (C=O) groups excluding carboxylic acids is 5. The Hall–Kier alpha value is -3.07. The Morgan fingerprint density at radius 2 is 2.10 bits per heavy atom. The summed E-state index contributed by atoms with van der Waals surface area (Å²) in [6.45, 7) is -0.563. The van der Waals surface area contributed by atoms with Gasteiger partial charge in [0.15, 0.2) is 11.2 Å². The van der Waals surface area contributed by atoms with Crippen molar-refractivity contribution in [3.05, 3.63) is 35.2 Å². The molecule has 17 nitrogen and oxygen atoms in total. The number of hydrogen-bond acceptors (Lipinski definition) is 11. The molecule has 4 N–H and O–H groups in total. The van der Waals surface area contributed by atoms with Gasteiger partial charge in [0.05, 0.1) is 37.8 Å². The van der Waals surface area contributed by atoms with Crippen molar-refractivity contribution in [1.29, 1.82) is 0 Å². The van der Waals surface area contributed by atoms with Gasteiger partial charge in [-0.2, -0.15) is 13.5 Å². The average Bonchev–Trinajstić information content (AvgIpc) is 3.64. The number of alkyl halides is 1. The van der Waals surface area contributed by atoms with Crippen LogP contribution in [0.3, 0.4) is 0 Å². The summed E-state index contributed by atoms with van der Waals surface area (Å²) in [5.41, 5.74) is -0.0616. The normalized spacial score (nSPS) is 17.9. The molecule has 2 saturated heterocycles. The van der Waals surface area contributed by atoms with Gasteiger partial charge in [-0.3, -0.25) is 18.9 Å². The minimum atomic E-state index is -4.79. The quantitative estimate of drug-likeness (QED) is 0.0712. The molecule has 2 aliphatic heterocycles. The third-order valence-electron chi connectivity index (χ3n) is 5.30. The van der Waals surface area contributed by atoms with Gasteiger partial charge in [0, 0.05) is 5.38 Å². The number of imide groups is 1. The van der Waals surface area contributed by atoms with Crippen LogP contribution in [-0.2, 0) is 24.7 Å². The molecule has 2 aliphatic rings. The molecule has 2 aromatic rings. The van der Waals surface area contributed by atoms with Gasteiger partial charge in [0.1, 0.15) is 17.7 Å². The Kier molecular flexibility index (Phi) is 10.3. The molecule has 4 heterocycles. The summed E-state index contributed by atoms with van der Waals surface area (Å²) in [6, 6.07) is -1.43. The summed E-state index contributed by atoms with van der Waals surface area (Å²) < 4.78 is 36.6. The van der Waals surface area contributed by atoms with Gasteiger partial charge in [-0.05, 0) is 12.1 Å². The monoisotopic (exact) mass is 626 g/mol. The predicted molar refractivity (Wildman–Crippen MR) is 134 cm³/mol. The van der Waals surface area contributed by atoms with E-state index in [2.05, 4.69) is 26.0 Å². The van der Waals surface area contributed by atoms with Gasteiger partial charge in [0.2, 0.25) is 11.8 Å². The predicted octanol–water partition coefficient (Wildman–Crippen LogP) is -3.32. The molecular weight excluding hydrogens is 607 g/mol. The maximum absolute atomic E-state index is 13.1. The number of amides is 7. The Bertz CT molecular complexity index is 1440. The fraction of sp³-hybridized carbons (Fsp3) is 0.316. The van der Waals surface area contributed by atoms with Crippen LogP contribution >= 0.6 is 22.9 Å². The number of furan rings is 1. The first kappa shape index (κ1) is 31.5. The topological polar surface area (TPSA) is 224 Å². The van der Waals surface area contributed by atoms with E-state index >= 15 is 0 Å². The summed E-state index contributed by atoms with van der Waals surface area (Å²) >= 11 is 6.38. The number of nitrogens with one attached hydrogen (secondary N) is 3. The number of hydrazone groups is 1. The van der Waals surface area contributed by atoms with Crippen LogP contribution in [0.2, 0.25) is 0 Å². The van der Waals surface area contributed by atoms with Crippen LogP contribution in [-0.4, -0.2) is 99.7 Å². The number of β-lactam (4-membered cyclic amide) rings is 1. The van der Waals surface area contributed by atoms with Crippen molar-refractivity contribution in [2.75, 3.05) is 30.8 Å². The summed E-state index contributed by atoms with van der Waals surface area (Å²) in [7, 11) is -4.79. The Morgan fingerprint density at radius 1 is 1.35 bits per heavy atom. The molecule has 2 unspecified atom stereocenters. The molecule has 0 radical (unpaired) electrons. The maximum Gasteiger partial charge on any atom is 1.00 e. The van der Waals surface area contributed by atoms with Gasteiger partial charge < -0.3 is 21.8 Å². The number of hydrogen-bond donors (Lipinski definition) is 4. The van der Waals surface area contributed by atoms with Crippen molar-refractivity contribution in [3.8, 4) is 0 Å². The number of thiazole rings is 1. The number of urea groups is 2. The van der Waals surface area contributed by atoms with E-state index in [0.29, 0.717) is 5.76 Å². The van der Waals surface area contributed by atoms with E-state index in [1.54, 1.807) is 12.1 Å². The average molecular weight is 627 g/mol. The molecule has 7 amide bonds. The molecule has 2 fully saturated rings. The first-order valence-electron chi connectivity index (χ1n) is 10.9. The van der Waals surface area contributed by atoms with E-state index in [0.717, 1.165) is 21.2 Å². The zero-order valence-corrected chi connectivity index (χ0v) is 24.9. The fourth-order valence-corrected chi connectivity index (χ4v) is 4.89. The Balaban J connectivity index is 0.00000294. The molecule has 40 heavy (non-hydrogen) atoms. The van der Waals surface area contributed by atoms with Gasteiger partial charge in [-0.25, -0.2) is 28.8 Å². The summed E-state index contributed by atoms with van der Waals surface area (Å²) in [4.78, 5) is 67.3. The molecule has 0 saturated carbocycles. The van der Waals surface area contributed by atoms with Gasteiger partial charge in [0.25, 0.3) is 5.91 Å². The van der Waals surface area contributed by atoms with E-state index in [1.165, 1.54) is 17.9 Å². The van der Waals surface area contributed by atoms with Gasteiger partial charge in [-0.1, -0.05) is 0 Å². The van der Waals surface area contributed by atoms with Crippen molar-refractivity contribution in [2.24, 2.45) is 5.10 Å². The van der Waals surface area contributed by atoms with E-state index in [-0.39, 0.29) is 65.1 Å². The smallest absolute Gasteiger partial charge is 1.00 e. The second kappa shape index (κ2) is 13.1. The van der Waals surface area contributed by atoms with Crippen LogP contribution < -0.4 is 45.5 Å². The molecule has 4 rings (SSSR count). The van der Waals surface area contributed by atoms with Crippen LogP contribution in [0.15, 0.2) is 33.3 Å². The van der Waals surface area contributed by atoms with Crippen molar-refractivity contribution in [2.45, 2.75) is 12.1 Å². The number of nitrogens with zero attached hydrogens (tertiary/aromatic N) is 5. The van der Waals surface area contributed by atoms with Crippen LogP contribution in [0, 0.1) is 0 Å². The number of carbonyl (C=O) groups is 5. The second-order valence-electron chi connectivity index (χ2n) is 7.87. The van der Waals surface area contributed by atoms with Gasteiger partial charge >= 0.3 is 51.9 Å². The second-order valence-corrected chi connectivity index (χ2v) is 10.3. The molecule has 210 valence electrons. The zero-order valence-electron chi connectivity index (χ0n) is 21.5. The van der Waals surface area contributed by atoms with Crippen LogP contribution in [0.5, 0.6) is 0 Å². The molecule has 0 aromatic carbocycles. The summed E-state index contributed by atoms with van der Waals surface area (Å²) in [6.07, 6.45) is 2.70. The first-order chi connectivity index (χ1) is 18.5. The third-order valence-corrected chi connectivity index (χ3v) is 7.21. The van der Waals surface area contributed by atoms with Crippen LogP contribution in [0.1, 0.15) is 18.9 Å². The molecule has 0 bridgehead atoms. The minimum Gasteiger partial charge on any atom is -1.00 e. The standard InChI is InChI=1S/C19H19ClN8O9S2.Na.H/c20-6-13(29)24-17-23-12(9-38-17)14(15(30)22-11-8-28(16(11)31)39(34,35)36)25-18(32)26-3-4-27(19(26)33)21-7-10-2-1-5-37-10;;/h1-2,5,7,9,11,14H,3-4,6,8H2,(H,22,30)(H,25,32)(H,23,24,29)(H,34,35,36);;/q;+1;-1. The Labute approximate surface area is 258 Å². The first-order valence-corrected chi connectivity index (χ1v) is 13.7. The maximum atomic E-state index is 13.1.